The van der Waals surface area contributed by atoms with Crippen LogP contribution in [0, 0.1) is 5.82 Å². The Labute approximate surface area is 195 Å². The van der Waals surface area contributed by atoms with E-state index in [0.717, 1.165) is 25.5 Å². The molecule has 180 valence electrons. The number of carbonyl (C=O) groups is 1. The predicted molar refractivity (Wildman–Crippen MR) is 121 cm³/mol. The lowest BCUT2D eigenvalue weighted by molar-refractivity contribution is 0.0528. The van der Waals surface area contributed by atoms with Gasteiger partial charge in [-0.1, -0.05) is 0 Å². The molecule has 0 amide bonds. The van der Waals surface area contributed by atoms with Gasteiger partial charge in [-0.25, -0.2) is 23.7 Å². The quantitative estimate of drug-likeness (QED) is 0.520. The SMILES string of the molecule is CCOC(=O)c1cnn2cc3c(nc12)N(Cc1cc(F)cnc1O[C@@H](C)CN)[C@@H]1CCC[C@@H]1O3. The minimum absolute atomic E-state index is 0.0271. The number of anilines is 1. The Hall–Kier alpha value is -3.47. The normalized spacial score (nSPS) is 19.9. The van der Waals surface area contributed by atoms with Crippen LogP contribution in [0.15, 0.2) is 24.7 Å². The molecule has 3 aromatic rings. The van der Waals surface area contributed by atoms with E-state index in [-0.39, 0.29) is 30.4 Å². The minimum atomic E-state index is -0.493. The molecular formula is C23H27FN6O4. The Bertz CT molecular complexity index is 1220. The summed E-state index contributed by atoms with van der Waals surface area (Å²) in [5, 5.41) is 4.26. The number of ether oxygens (including phenoxy) is 3. The van der Waals surface area contributed by atoms with Gasteiger partial charge in [0.15, 0.2) is 17.2 Å². The zero-order chi connectivity index (χ0) is 23.8. The van der Waals surface area contributed by atoms with Crippen LogP contribution in [0.4, 0.5) is 10.2 Å². The fraction of sp³-hybridized carbons (Fsp3) is 0.478. The summed E-state index contributed by atoms with van der Waals surface area (Å²) in [5.41, 5.74) is 6.93. The maximum Gasteiger partial charge on any atom is 0.343 e. The smallest absolute Gasteiger partial charge is 0.343 e. The molecule has 1 saturated carbocycles. The summed E-state index contributed by atoms with van der Waals surface area (Å²) < 4.78 is 33.0. The molecule has 2 N–H and O–H groups in total. The molecule has 1 aliphatic heterocycles. The van der Waals surface area contributed by atoms with Crippen LogP contribution < -0.4 is 20.1 Å². The van der Waals surface area contributed by atoms with E-state index in [2.05, 4.69) is 15.0 Å². The van der Waals surface area contributed by atoms with Crippen molar-refractivity contribution in [1.29, 1.82) is 0 Å². The molecule has 0 saturated heterocycles. The second kappa shape index (κ2) is 9.05. The summed E-state index contributed by atoms with van der Waals surface area (Å²) in [5.74, 6) is 0.496. The van der Waals surface area contributed by atoms with E-state index in [1.54, 1.807) is 13.1 Å². The fourth-order valence-electron chi connectivity index (χ4n) is 4.55. The Morgan fingerprint density at radius 1 is 1.38 bits per heavy atom. The molecule has 3 aromatic heterocycles. The van der Waals surface area contributed by atoms with Gasteiger partial charge in [-0.3, -0.25) is 0 Å². The summed E-state index contributed by atoms with van der Waals surface area (Å²) in [6.45, 7) is 4.44. The number of hydrogen-bond acceptors (Lipinski definition) is 9. The van der Waals surface area contributed by atoms with E-state index in [0.29, 0.717) is 41.7 Å². The summed E-state index contributed by atoms with van der Waals surface area (Å²) in [6, 6.07) is 1.46. The monoisotopic (exact) mass is 470 g/mol. The highest BCUT2D eigenvalue weighted by molar-refractivity contribution is 5.96. The fourth-order valence-corrected chi connectivity index (χ4v) is 4.55. The van der Waals surface area contributed by atoms with Crippen molar-refractivity contribution in [3.8, 4) is 11.6 Å². The van der Waals surface area contributed by atoms with Crippen molar-refractivity contribution in [1.82, 2.24) is 19.6 Å². The van der Waals surface area contributed by atoms with Crippen LogP contribution in [0.3, 0.4) is 0 Å². The molecule has 3 atom stereocenters. The second-order valence-corrected chi connectivity index (χ2v) is 8.54. The van der Waals surface area contributed by atoms with Crippen molar-refractivity contribution < 1.29 is 23.4 Å². The lowest BCUT2D eigenvalue weighted by Crippen LogP contribution is -2.47. The third-order valence-corrected chi connectivity index (χ3v) is 6.18. The maximum absolute atomic E-state index is 14.2. The van der Waals surface area contributed by atoms with E-state index in [4.69, 9.17) is 24.9 Å². The van der Waals surface area contributed by atoms with Crippen molar-refractivity contribution in [3.05, 3.63) is 41.6 Å². The number of esters is 1. The third-order valence-electron chi connectivity index (χ3n) is 6.18. The lowest BCUT2D eigenvalue weighted by Gasteiger charge is -2.39. The number of nitrogens with zero attached hydrogens (tertiary/aromatic N) is 5. The van der Waals surface area contributed by atoms with Crippen LogP contribution in [0.1, 0.15) is 49.0 Å². The molecular weight excluding hydrogens is 443 g/mol. The Kier molecular flexibility index (Phi) is 5.94. The number of pyridine rings is 1. The van der Waals surface area contributed by atoms with Crippen molar-refractivity contribution in [2.75, 3.05) is 18.1 Å². The molecule has 0 aromatic carbocycles. The van der Waals surface area contributed by atoms with Gasteiger partial charge >= 0.3 is 5.97 Å². The zero-order valence-electron chi connectivity index (χ0n) is 19.1. The number of halogens is 1. The first-order valence-corrected chi connectivity index (χ1v) is 11.5. The van der Waals surface area contributed by atoms with Crippen LogP contribution >= 0.6 is 0 Å². The Morgan fingerprint density at radius 2 is 2.24 bits per heavy atom. The van der Waals surface area contributed by atoms with E-state index in [1.165, 1.54) is 16.8 Å². The number of nitrogens with two attached hydrogens (primary N) is 1. The zero-order valence-corrected chi connectivity index (χ0v) is 19.1. The van der Waals surface area contributed by atoms with Gasteiger partial charge in [0, 0.05) is 12.1 Å². The first-order valence-electron chi connectivity index (χ1n) is 11.5. The van der Waals surface area contributed by atoms with E-state index >= 15 is 0 Å². The average Bonchev–Trinajstić information content (AvgIpc) is 3.46. The number of rotatable bonds is 7. The van der Waals surface area contributed by atoms with E-state index in [1.807, 2.05) is 6.92 Å². The summed E-state index contributed by atoms with van der Waals surface area (Å²) in [7, 11) is 0. The molecule has 11 heteroatoms. The van der Waals surface area contributed by atoms with Gasteiger partial charge in [0.1, 0.15) is 23.6 Å². The predicted octanol–water partition coefficient (Wildman–Crippen LogP) is 2.49. The first kappa shape index (κ1) is 22.3. The molecule has 34 heavy (non-hydrogen) atoms. The van der Waals surface area contributed by atoms with Gasteiger partial charge in [0.05, 0.1) is 37.8 Å². The van der Waals surface area contributed by atoms with Gasteiger partial charge in [0.2, 0.25) is 5.88 Å². The Morgan fingerprint density at radius 3 is 3.03 bits per heavy atom. The van der Waals surface area contributed by atoms with Crippen molar-refractivity contribution in [3.63, 3.8) is 0 Å². The molecule has 0 bridgehead atoms. The van der Waals surface area contributed by atoms with Crippen LogP contribution in [-0.4, -0.2) is 57.0 Å². The van der Waals surface area contributed by atoms with Gasteiger partial charge in [-0.15, -0.1) is 0 Å². The van der Waals surface area contributed by atoms with Crippen LogP contribution in [0.5, 0.6) is 11.6 Å². The molecule has 4 heterocycles. The standard InChI is InChI=1S/C23H27FN6O4/c1-3-32-23(31)16-10-27-30-12-19-21(28-20(16)30)29(17-5-4-6-18(17)34-19)11-14-7-15(24)9-26-22(14)33-13(2)8-25/h7,9-10,12-13,17-18H,3-6,8,11,25H2,1-2H3/t13-,17+,18-/m0/s1. The maximum atomic E-state index is 14.2. The summed E-state index contributed by atoms with van der Waals surface area (Å²) in [4.78, 5) is 23.4. The topological polar surface area (TPSA) is 117 Å². The minimum Gasteiger partial charge on any atom is -0.483 e. The molecule has 0 radical (unpaired) electrons. The van der Waals surface area contributed by atoms with Gasteiger partial charge in [0.25, 0.3) is 0 Å². The molecule has 1 fully saturated rings. The first-order chi connectivity index (χ1) is 16.5. The molecule has 1 aliphatic carbocycles. The number of fused-ring (bicyclic) bond motifs is 3. The average molecular weight is 471 g/mol. The molecule has 0 spiro atoms. The number of carbonyl (C=O) groups excluding carboxylic acids is 1. The molecule has 10 nitrogen and oxygen atoms in total. The largest absolute Gasteiger partial charge is 0.483 e. The van der Waals surface area contributed by atoms with Crippen molar-refractivity contribution >= 4 is 17.4 Å². The highest BCUT2D eigenvalue weighted by Crippen LogP contribution is 2.42. The lowest BCUT2D eigenvalue weighted by atomic mass is 10.1. The number of aromatic nitrogens is 4. The van der Waals surface area contributed by atoms with E-state index < -0.39 is 11.8 Å². The molecule has 2 aliphatic rings. The second-order valence-electron chi connectivity index (χ2n) is 8.54. The highest BCUT2D eigenvalue weighted by Gasteiger charge is 2.41. The van der Waals surface area contributed by atoms with Crippen LogP contribution in [0.2, 0.25) is 0 Å². The summed E-state index contributed by atoms with van der Waals surface area (Å²) >= 11 is 0. The van der Waals surface area contributed by atoms with Crippen molar-refractivity contribution in [2.24, 2.45) is 5.73 Å². The number of hydrogen-bond donors (Lipinski definition) is 1. The van der Waals surface area contributed by atoms with Gasteiger partial charge < -0.3 is 24.8 Å². The molecule has 0 unspecified atom stereocenters. The van der Waals surface area contributed by atoms with Crippen LogP contribution in [0.25, 0.3) is 5.65 Å². The summed E-state index contributed by atoms with van der Waals surface area (Å²) in [6.07, 6.45) is 6.80. The van der Waals surface area contributed by atoms with E-state index in [9.17, 15) is 9.18 Å². The van der Waals surface area contributed by atoms with Crippen LogP contribution in [-0.2, 0) is 11.3 Å². The third kappa shape index (κ3) is 4.00. The molecule has 5 rings (SSSR count). The van der Waals surface area contributed by atoms with Gasteiger partial charge in [-0.2, -0.15) is 5.10 Å². The Balaban J connectivity index is 1.58. The van der Waals surface area contributed by atoms with Crippen molar-refractivity contribution in [2.45, 2.75) is 57.9 Å². The van der Waals surface area contributed by atoms with Gasteiger partial charge in [-0.05, 0) is 39.2 Å². The highest BCUT2D eigenvalue weighted by atomic mass is 19.1.